The number of benzene rings is 1. The maximum Gasteiger partial charge on any atom is 0.410 e. The van der Waals surface area contributed by atoms with Crippen molar-refractivity contribution >= 4 is 22.0 Å². The Kier molecular flexibility index (Phi) is 4.41. The van der Waals surface area contributed by atoms with Crippen LogP contribution in [0.2, 0.25) is 0 Å². The van der Waals surface area contributed by atoms with Crippen LogP contribution in [0.1, 0.15) is 33.3 Å². The number of hydrogen-bond donors (Lipinski definition) is 0. The second-order valence-electron chi connectivity index (χ2n) is 8.02. The molecule has 4 nitrogen and oxygen atoms in total. The van der Waals surface area contributed by atoms with E-state index in [1.807, 2.05) is 32.9 Å². The fraction of sp³-hybridized carbons (Fsp3) is 0.611. The molecule has 3 rings (SSSR count). The van der Waals surface area contributed by atoms with E-state index >= 15 is 0 Å². The lowest BCUT2D eigenvalue weighted by Crippen LogP contribution is -2.77. The Morgan fingerprint density at radius 1 is 1.38 bits per heavy atom. The Morgan fingerprint density at radius 2 is 2.04 bits per heavy atom. The molecule has 1 spiro atoms. The van der Waals surface area contributed by atoms with Crippen LogP contribution in [0.25, 0.3) is 0 Å². The van der Waals surface area contributed by atoms with Crippen LogP contribution in [-0.4, -0.2) is 47.2 Å². The van der Waals surface area contributed by atoms with Crippen molar-refractivity contribution in [2.75, 3.05) is 19.6 Å². The first-order valence-corrected chi connectivity index (χ1v) is 9.05. The molecule has 1 atom stereocenters. The average molecular weight is 399 g/mol. The van der Waals surface area contributed by atoms with Crippen molar-refractivity contribution < 1.29 is 13.9 Å². The maximum absolute atomic E-state index is 14.0. The highest BCUT2D eigenvalue weighted by atomic mass is 79.9. The fourth-order valence-corrected chi connectivity index (χ4v) is 3.88. The molecule has 2 fully saturated rings. The summed E-state index contributed by atoms with van der Waals surface area (Å²) in [6.07, 6.45) is -0.238. The normalized spacial score (nSPS) is 22.9. The Hall–Kier alpha value is -1.14. The lowest BCUT2D eigenvalue weighted by molar-refractivity contribution is -0.156. The molecule has 0 saturated carbocycles. The van der Waals surface area contributed by atoms with Crippen molar-refractivity contribution in [3.63, 3.8) is 0 Å². The molecule has 2 aliphatic rings. The van der Waals surface area contributed by atoms with Crippen LogP contribution in [-0.2, 0) is 11.3 Å². The van der Waals surface area contributed by atoms with E-state index in [-0.39, 0.29) is 17.3 Å². The molecule has 1 aromatic carbocycles. The van der Waals surface area contributed by atoms with Gasteiger partial charge in [-0.25, -0.2) is 9.18 Å². The van der Waals surface area contributed by atoms with E-state index in [9.17, 15) is 9.18 Å². The SMILES string of the molecule is CC1N(Cc2ccc(Br)cc2F)CC12CN(C(=O)OC(C)(C)C)C2. The van der Waals surface area contributed by atoms with Gasteiger partial charge < -0.3 is 9.64 Å². The molecule has 2 aliphatic heterocycles. The summed E-state index contributed by atoms with van der Waals surface area (Å²) in [5.74, 6) is -0.179. The number of amides is 1. The lowest BCUT2D eigenvalue weighted by Gasteiger charge is -2.64. The van der Waals surface area contributed by atoms with E-state index in [0.29, 0.717) is 18.2 Å². The van der Waals surface area contributed by atoms with Crippen molar-refractivity contribution in [1.82, 2.24) is 9.80 Å². The van der Waals surface area contributed by atoms with Gasteiger partial charge in [-0.2, -0.15) is 0 Å². The Bertz CT molecular complexity index is 653. The van der Waals surface area contributed by atoms with E-state index in [1.54, 1.807) is 4.90 Å². The third-order valence-corrected chi connectivity index (χ3v) is 5.50. The van der Waals surface area contributed by atoms with Gasteiger partial charge in [0.1, 0.15) is 11.4 Å². The van der Waals surface area contributed by atoms with Crippen LogP contribution < -0.4 is 0 Å². The fourth-order valence-electron chi connectivity index (χ4n) is 3.54. The number of hydrogen-bond acceptors (Lipinski definition) is 3. The third kappa shape index (κ3) is 3.31. The van der Waals surface area contributed by atoms with Crippen molar-refractivity contribution in [3.8, 4) is 0 Å². The smallest absolute Gasteiger partial charge is 0.410 e. The molecule has 0 radical (unpaired) electrons. The van der Waals surface area contributed by atoms with Gasteiger partial charge in [0.25, 0.3) is 0 Å². The van der Waals surface area contributed by atoms with E-state index < -0.39 is 5.60 Å². The highest BCUT2D eigenvalue weighted by Crippen LogP contribution is 2.46. The summed E-state index contributed by atoms with van der Waals surface area (Å²) in [6.45, 7) is 10.7. The third-order valence-electron chi connectivity index (χ3n) is 5.00. The first kappa shape index (κ1) is 17.7. The van der Waals surface area contributed by atoms with Crippen molar-refractivity contribution in [3.05, 3.63) is 34.1 Å². The zero-order valence-electron chi connectivity index (χ0n) is 14.6. The van der Waals surface area contributed by atoms with Gasteiger partial charge in [-0.05, 0) is 39.8 Å². The summed E-state index contributed by atoms with van der Waals surface area (Å²) < 4.78 is 20.1. The topological polar surface area (TPSA) is 32.8 Å². The molecule has 0 aliphatic carbocycles. The summed E-state index contributed by atoms with van der Waals surface area (Å²) in [6, 6.07) is 5.53. The second-order valence-corrected chi connectivity index (χ2v) is 8.93. The van der Waals surface area contributed by atoms with Crippen LogP contribution in [0.3, 0.4) is 0 Å². The first-order chi connectivity index (χ1) is 11.1. The van der Waals surface area contributed by atoms with E-state index in [2.05, 4.69) is 27.8 Å². The monoisotopic (exact) mass is 398 g/mol. The highest BCUT2D eigenvalue weighted by molar-refractivity contribution is 9.10. The van der Waals surface area contributed by atoms with Crippen LogP contribution in [0.4, 0.5) is 9.18 Å². The van der Waals surface area contributed by atoms with Crippen LogP contribution >= 0.6 is 15.9 Å². The van der Waals surface area contributed by atoms with E-state index in [4.69, 9.17) is 4.74 Å². The summed E-state index contributed by atoms with van der Waals surface area (Å²) in [7, 11) is 0. The first-order valence-electron chi connectivity index (χ1n) is 8.26. The van der Waals surface area contributed by atoms with Gasteiger partial charge in [-0.15, -0.1) is 0 Å². The van der Waals surface area contributed by atoms with E-state index in [1.165, 1.54) is 6.07 Å². The quantitative estimate of drug-likeness (QED) is 0.753. The lowest BCUT2D eigenvalue weighted by atomic mass is 9.66. The van der Waals surface area contributed by atoms with Crippen molar-refractivity contribution in [2.45, 2.75) is 45.9 Å². The minimum atomic E-state index is -0.462. The molecule has 132 valence electrons. The predicted molar refractivity (Wildman–Crippen MR) is 94.2 cm³/mol. The summed E-state index contributed by atoms with van der Waals surface area (Å²) >= 11 is 3.28. The Balaban J connectivity index is 1.53. The maximum atomic E-state index is 14.0. The van der Waals surface area contributed by atoms with Crippen molar-refractivity contribution in [2.24, 2.45) is 5.41 Å². The average Bonchev–Trinajstić information content (AvgIpc) is 2.40. The molecule has 2 heterocycles. The minimum absolute atomic E-state index is 0.142. The Labute approximate surface area is 151 Å². The highest BCUT2D eigenvalue weighted by Gasteiger charge is 2.58. The van der Waals surface area contributed by atoms with Gasteiger partial charge in [-0.3, -0.25) is 4.90 Å². The molecule has 1 aromatic rings. The van der Waals surface area contributed by atoms with Gasteiger partial charge in [-0.1, -0.05) is 22.0 Å². The molecular formula is C18H24BrFN2O2. The van der Waals surface area contributed by atoms with E-state index in [0.717, 1.165) is 24.1 Å². The predicted octanol–water partition coefficient (Wildman–Crippen LogP) is 4.03. The number of likely N-dealkylation sites (tertiary alicyclic amines) is 2. The van der Waals surface area contributed by atoms with Crippen LogP contribution in [0.5, 0.6) is 0 Å². The molecule has 2 saturated heterocycles. The zero-order chi connectivity index (χ0) is 17.7. The molecule has 24 heavy (non-hydrogen) atoms. The number of ether oxygens (including phenoxy) is 1. The minimum Gasteiger partial charge on any atom is -0.444 e. The van der Waals surface area contributed by atoms with Gasteiger partial charge in [0.05, 0.1) is 0 Å². The molecule has 1 unspecified atom stereocenters. The number of rotatable bonds is 2. The Morgan fingerprint density at radius 3 is 2.58 bits per heavy atom. The number of carbonyl (C=O) groups is 1. The summed E-state index contributed by atoms with van der Waals surface area (Å²) in [4.78, 5) is 16.1. The molecule has 0 N–H and O–H groups in total. The summed E-state index contributed by atoms with van der Waals surface area (Å²) in [5.41, 5.74) is 0.391. The van der Waals surface area contributed by atoms with Crippen LogP contribution in [0, 0.1) is 11.2 Å². The van der Waals surface area contributed by atoms with Gasteiger partial charge in [0, 0.05) is 47.7 Å². The van der Waals surface area contributed by atoms with Gasteiger partial charge in [0.15, 0.2) is 0 Å². The molecule has 0 bridgehead atoms. The number of carbonyl (C=O) groups excluding carboxylic acids is 1. The van der Waals surface area contributed by atoms with Gasteiger partial charge in [0.2, 0.25) is 0 Å². The van der Waals surface area contributed by atoms with Gasteiger partial charge >= 0.3 is 6.09 Å². The summed E-state index contributed by atoms with van der Waals surface area (Å²) in [5, 5.41) is 0. The number of nitrogens with zero attached hydrogens (tertiary/aromatic N) is 2. The zero-order valence-corrected chi connectivity index (χ0v) is 16.2. The molecule has 6 heteroatoms. The molecular weight excluding hydrogens is 375 g/mol. The van der Waals surface area contributed by atoms with Crippen molar-refractivity contribution in [1.29, 1.82) is 0 Å². The molecule has 0 aromatic heterocycles. The molecule has 1 amide bonds. The van der Waals surface area contributed by atoms with Crippen LogP contribution in [0.15, 0.2) is 22.7 Å². The largest absolute Gasteiger partial charge is 0.444 e. The number of halogens is 2. The standard InChI is InChI=1S/C18H24BrFN2O2/c1-12-18(10-22(11-18)16(23)24-17(2,3)4)9-21(12)8-13-5-6-14(19)7-15(13)20/h5-7,12H,8-11H2,1-4H3. The second kappa shape index (κ2) is 5.99.